The van der Waals surface area contributed by atoms with Crippen molar-refractivity contribution in [1.29, 1.82) is 0 Å². The second-order valence-electron chi connectivity index (χ2n) is 11.9. The van der Waals surface area contributed by atoms with Crippen LogP contribution in [0.1, 0.15) is 47.7 Å². The van der Waals surface area contributed by atoms with Crippen LogP contribution in [-0.2, 0) is 36.8 Å². The van der Waals surface area contributed by atoms with Gasteiger partial charge < -0.3 is 15.9 Å². The number of aryl methyl sites for hydroxylation is 1. The molecule has 0 radical (unpaired) electrons. The average molecular weight is 575 g/mol. The number of rotatable bonds is 7. The van der Waals surface area contributed by atoms with Gasteiger partial charge in [-0.05, 0) is 67.6 Å². The number of hydrogen-bond donors (Lipinski definition) is 3. The second-order valence-corrected chi connectivity index (χ2v) is 11.9. The van der Waals surface area contributed by atoms with Gasteiger partial charge in [0.1, 0.15) is 11.5 Å². The van der Waals surface area contributed by atoms with Crippen molar-refractivity contribution in [2.75, 3.05) is 14.1 Å². The van der Waals surface area contributed by atoms with Crippen LogP contribution >= 0.6 is 0 Å². The monoisotopic (exact) mass is 574 g/mol. The highest BCUT2D eigenvalue weighted by Crippen LogP contribution is 2.51. The number of aromatic hydroxyl groups is 1. The number of aliphatic hydroxyl groups is 1. The maximum atomic E-state index is 14.0. The molecule has 3 aliphatic carbocycles. The molecule has 10 heteroatoms. The van der Waals surface area contributed by atoms with Crippen LogP contribution in [0.25, 0.3) is 11.1 Å². The van der Waals surface area contributed by atoms with Crippen molar-refractivity contribution < 1.29 is 39.0 Å². The van der Waals surface area contributed by atoms with Gasteiger partial charge in [0.25, 0.3) is 0 Å². The Balaban J connectivity index is 1.59. The zero-order valence-corrected chi connectivity index (χ0v) is 23.8. The summed E-state index contributed by atoms with van der Waals surface area (Å²) in [4.78, 5) is 80.0. The molecule has 2 aromatic rings. The van der Waals surface area contributed by atoms with Gasteiger partial charge in [-0.25, -0.2) is 0 Å². The van der Waals surface area contributed by atoms with Crippen LogP contribution in [0.4, 0.5) is 0 Å². The molecule has 2 saturated carbocycles. The van der Waals surface area contributed by atoms with E-state index in [1.54, 1.807) is 20.2 Å². The van der Waals surface area contributed by atoms with Crippen LogP contribution in [0.3, 0.4) is 0 Å². The molecule has 2 fully saturated rings. The number of carbonyl (C=O) groups excluding carboxylic acids is 6. The van der Waals surface area contributed by atoms with Crippen LogP contribution < -0.4 is 5.73 Å². The number of fused-ring (bicyclic) bond motifs is 3. The van der Waals surface area contributed by atoms with E-state index in [0.717, 1.165) is 11.1 Å². The topological polar surface area (TPSA) is 172 Å². The number of Topliss-reactive ketones (excluding diaryl/α,β-unsaturated/α-hetero) is 5. The van der Waals surface area contributed by atoms with Gasteiger partial charge in [-0.2, -0.15) is 0 Å². The number of benzene rings is 2. The predicted octanol–water partition coefficient (Wildman–Crippen LogP) is 1.45. The SMILES string of the molecule is CCC(=O)CCc1cccc(-c2ccc(O)c3c2CC2CC4C(N(C)C)C(=O)C(C(N)=O)C(=O)C4(O)C(=O)C2C3=O)c1. The number of amides is 1. The Morgan fingerprint density at radius 2 is 1.79 bits per heavy atom. The fourth-order valence-corrected chi connectivity index (χ4v) is 7.23. The lowest BCUT2D eigenvalue weighted by atomic mass is 9.52. The zero-order chi connectivity index (χ0) is 30.7. The maximum Gasteiger partial charge on any atom is 0.235 e. The number of hydrogen-bond acceptors (Lipinski definition) is 9. The lowest BCUT2D eigenvalue weighted by Crippen LogP contribution is -2.74. The van der Waals surface area contributed by atoms with E-state index in [1.807, 2.05) is 31.2 Å². The third-order valence-corrected chi connectivity index (χ3v) is 9.27. The van der Waals surface area contributed by atoms with E-state index in [9.17, 15) is 39.0 Å². The third kappa shape index (κ3) is 4.40. The minimum Gasteiger partial charge on any atom is -0.507 e. The van der Waals surface area contributed by atoms with Crippen molar-refractivity contribution in [1.82, 2.24) is 4.90 Å². The van der Waals surface area contributed by atoms with Gasteiger partial charge in [0.15, 0.2) is 34.7 Å². The Labute approximate surface area is 242 Å². The predicted molar refractivity (Wildman–Crippen MR) is 150 cm³/mol. The van der Waals surface area contributed by atoms with Crippen molar-refractivity contribution >= 4 is 34.8 Å². The van der Waals surface area contributed by atoms with Crippen LogP contribution in [0.15, 0.2) is 36.4 Å². The Hall–Kier alpha value is -4.02. The standard InChI is InChI=1S/C32H34N2O8/c1-4-18(35)9-8-15-6-5-7-16(12-15)19-10-11-22(36)24-20(19)13-17-14-21-26(34(2)3)28(38)25(31(33)41)30(40)32(21,42)29(39)23(17)27(24)37/h5-7,10-12,17,21,23,25-26,36,42H,4,8-9,13-14H2,1-3H3,(H2,33,41). The van der Waals surface area contributed by atoms with Crippen molar-refractivity contribution in [2.24, 2.45) is 29.4 Å². The summed E-state index contributed by atoms with van der Waals surface area (Å²) < 4.78 is 0. The molecule has 5 rings (SSSR count). The highest BCUT2D eigenvalue weighted by molar-refractivity contribution is 6.32. The van der Waals surface area contributed by atoms with Gasteiger partial charge in [0.05, 0.1) is 17.5 Å². The number of nitrogens with two attached hydrogens (primary N) is 1. The number of carbonyl (C=O) groups is 6. The largest absolute Gasteiger partial charge is 0.507 e. The fraction of sp³-hybridized carbons (Fsp3) is 0.438. The van der Waals surface area contributed by atoms with E-state index < -0.39 is 64.4 Å². The first-order valence-corrected chi connectivity index (χ1v) is 14.1. The zero-order valence-electron chi connectivity index (χ0n) is 23.8. The number of likely N-dealkylation sites (N-methyl/N-ethyl adjacent to an activating group) is 1. The van der Waals surface area contributed by atoms with Crippen LogP contribution in [0.5, 0.6) is 5.75 Å². The van der Waals surface area contributed by atoms with Crippen molar-refractivity contribution in [3.63, 3.8) is 0 Å². The van der Waals surface area contributed by atoms with E-state index in [1.165, 1.54) is 11.0 Å². The smallest absolute Gasteiger partial charge is 0.235 e. The third-order valence-electron chi connectivity index (χ3n) is 9.27. The summed E-state index contributed by atoms with van der Waals surface area (Å²) in [6, 6.07) is 9.49. The Morgan fingerprint density at radius 3 is 2.43 bits per heavy atom. The Kier molecular flexibility index (Phi) is 7.49. The lowest BCUT2D eigenvalue weighted by molar-refractivity contribution is -0.181. The molecule has 2 aromatic carbocycles. The number of primary amides is 1. The quantitative estimate of drug-likeness (QED) is 0.414. The number of ketones is 5. The van der Waals surface area contributed by atoms with E-state index >= 15 is 0 Å². The van der Waals surface area contributed by atoms with Gasteiger partial charge in [0, 0.05) is 18.8 Å². The van der Waals surface area contributed by atoms with E-state index in [0.29, 0.717) is 30.4 Å². The summed E-state index contributed by atoms with van der Waals surface area (Å²) in [7, 11) is 3.10. The summed E-state index contributed by atoms with van der Waals surface area (Å²) in [5, 5.41) is 22.5. The summed E-state index contributed by atoms with van der Waals surface area (Å²) in [6.45, 7) is 1.82. The first-order valence-electron chi connectivity index (χ1n) is 14.1. The number of nitrogens with zero attached hydrogens (tertiary/aromatic N) is 1. The highest BCUT2D eigenvalue weighted by atomic mass is 16.3. The van der Waals surface area contributed by atoms with Crippen LogP contribution in [0, 0.1) is 23.7 Å². The minimum atomic E-state index is -2.76. The minimum absolute atomic E-state index is 0.0157. The number of phenols is 1. The molecule has 4 N–H and O–H groups in total. The first-order chi connectivity index (χ1) is 19.8. The summed E-state index contributed by atoms with van der Waals surface area (Å²) in [6.07, 6.45) is 1.58. The molecule has 0 aliphatic heterocycles. The summed E-state index contributed by atoms with van der Waals surface area (Å²) >= 11 is 0. The van der Waals surface area contributed by atoms with Gasteiger partial charge in [-0.15, -0.1) is 0 Å². The molecule has 42 heavy (non-hydrogen) atoms. The summed E-state index contributed by atoms with van der Waals surface area (Å²) in [5.74, 6) is -10.6. The van der Waals surface area contributed by atoms with Gasteiger partial charge in [-0.1, -0.05) is 37.3 Å². The fourth-order valence-electron chi connectivity index (χ4n) is 7.23. The molecular weight excluding hydrogens is 540 g/mol. The van der Waals surface area contributed by atoms with Gasteiger partial charge >= 0.3 is 0 Å². The molecule has 0 spiro atoms. The van der Waals surface area contributed by atoms with Crippen molar-refractivity contribution in [3.8, 4) is 16.9 Å². The van der Waals surface area contributed by atoms with Crippen molar-refractivity contribution in [3.05, 3.63) is 53.1 Å². The molecule has 3 aliphatic rings. The number of phenolic OH excluding ortho intramolecular Hbond substituents is 1. The Bertz CT molecular complexity index is 1540. The highest BCUT2D eigenvalue weighted by Gasteiger charge is 2.69. The van der Waals surface area contributed by atoms with E-state index in [4.69, 9.17) is 5.73 Å². The van der Waals surface area contributed by atoms with Crippen LogP contribution in [-0.4, -0.2) is 75.7 Å². The Morgan fingerprint density at radius 1 is 1.07 bits per heavy atom. The molecule has 6 atom stereocenters. The van der Waals surface area contributed by atoms with E-state index in [-0.39, 0.29) is 29.9 Å². The normalized spacial score (nSPS) is 28.7. The van der Waals surface area contributed by atoms with Gasteiger partial charge in [0.2, 0.25) is 5.91 Å². The molecular formula is C32H34N2O8. The van der Waals surface area contributed by atoms with E-state index in [2.05, 4.69) is 0 Å². The average Bonchev–Trinajstić information content (AvgIpc) is 2.93. The van der Waals surface area contributed by atoms with Crippen LogP contribution in [0.2, 0.25) is 0 Å². The maximum absolute atomic E-state index is 14.0. The first kappa shape index (κ1) is 29.5. The second kappa shape index (κ2) is 10.7. The molecule has 220 valence electrons. The molecule has 10 nitrogen and oxygen atoms in total. The van der Waals surface area contributed by atoms with Gasteiger partial charge in [-0.3, -0.25) is 33.7 Å². The van der Waals surface area contributed by atoms with Crippen molar-refractivity contribution in [2.45, 2.75) is 50.7 Å². The molecule has 0 heterocycles. The molecule has 0 bridgehead atoms. The molecule has 0 saturated heterocycles. The lowest BCUT2D eigenvalue weighted by Gasteiger charge is -2.52. The molecule has 0 aromatic heterocycles. The molecule has 6 unspecified atom stereocenters. The summed E-state index contributed by atoms with van der Waals surface area (Å²) in [5.41, 5.74) is 5.48. The molecule has 1 amide bonds.